The van der Waals surface area contributed by atoms with Gasteiger partial charge < -0.3 is 4.74 Å². The Labute approximate surface area is 110 Å². The van der Waals surface area contributed by atoms with E-state index in [1.807, 2.05) is 31.2 Å². The van der Waals surface area contributed by atoms with Gasteiger partial charge in [-0.15, -0.1) is 0 Å². The lowest BCUT2D eigenvalue weighted by atomic mass is 10.2. The zero-order chi connectivity index (χ0) is 13.1. The van der Waals surface area contributed by atoms with E-state index in [0.717, 1.165) is 5.56 Å². The summed E-state index contributed by atoms with van der Waals surface area (Å²) in [6.07, 6.45) is 1.44. The van der Waals surface area contributed by atoms with E-state index in [0.29, 0.717) is 12.4 Å². The number of aromatic nitrogens is 2. The number of halogens is 1. The van der Waals surface area contributed by atoms with Gasteiger partial charge in [0.05, 0.1) is 6.20 Å². The van der Waals surface area contributed by atoms with Crippen molar-refractivity contribution in [3.63, 3.8) is 0 Å². The van der Waals surface area contributed by atoms with Crippen LogP contribution < -0.4 is 10.3 Å². The molecule has 18 heavy (non-hydrogen) atoms. The van der Waals surface area contributed by atoms with Gasteiger partial charge in [0, 0.05) is 7.05 Å². The van der Waals surface area contributed by atoms with Gasteiger partial charge in [0.1, 0.15) is 6.61 Å². The van der Waals surface area contributed by atoms with Gasteiger partial charge in [0.15, 0.2) is 10.8 Å². The van der Waals surface area contributed by atoms with Gasteiger partial charge in [-0.3, -0.25) is 4.79 Å². The molecule has 1 aromatic heterocycles. The van der Waals surface area contributed by atoms with Crippen molar-refractivity contribution in [3.8, 4) is 5.75 Å². The molecule has 2 rings (SSSR count). The first-order chi connectivity index (χ1) is 8.58. The molecular formula is C13H13ClN2O2. The Morgan fingerprint density at radius 1 is 1.33 bits per heavy atom. The summed E-state index contributed by atoms with van der Waals surface area (Å²) in [7, 11) is 1.54. The molecule has 0 bridgehead atoms. The van der Waals surface area contributed by atoms with Crippen LogP contribution in [-0.2, 0) is 13.7 Å². The molecule has 5 heteroatoms. The molecule has 0 fully saturated rings. The number of hydrogen-bond acceptors (Lipinski definition) is 3. The van der Waals surface area contributed by atoms with Gasteiger partial charge in [0.2, 0.25) is 0 Å². The number of aryl methyl sites for hydroxylation is 2. The summed E-state index contributed by atoms with van der Waals surface area (Å²) in [5, 5.41) is 3.92. The molecule has 4 nitrogen and oxygen atoms in total. The monoisotopic (exact) mass is 264 g/mol. The highest BCUT2D eigenvalue weighted by atomic mass is 35.5. The van der Waals surface area contributed by atoms with Crippen molar-refractivity contribution in [2.75, 3.05) is 0 Å². The van der Waals surface area contributed by atoms with Crippen molar-refractivity contribution in [2.45, 2.75) is 13.5 Å². The highest BCUT2D eigenvalue weighted by Crippen LogP contribution is 2.19. The zero-order valence-corrected chi connectivity index (χ0v) is 10.9. The third kappa shape index (κ3) is 2.71. The summed E-state index contributed by atoms with van der Waals surface area (Å²) in [6.45, 7) is 2.38. The van der Waals surface area contributed by atoms with E-state index in [1.165, 1.54) is 23.5 Å². The van der Waals surface area contributed by atoms with E-state index in [-0.39, 0.29) is 10.6 Å². The number of ether oxygens (including phenoxy) is 1. The summed E-state index contributed by atoms with van der Waals surface area (Å²) in [5.41, 5.74) is 1.84. The predicted molar refractivity (Wildman–Crippen MR) is 70.0 cm³/mol. The molecule has 0 aliphatic rings. The first-order valence-corrected chi connectivity index (χ1v) is 5.86. The minimum atomic E-state index is -0.363. The molecule has 0 saturated carbocycles. The van der Waals surface area contributed by atoms with E-state index in [4.69, 9.17) is 16.3 Å². The Bertz CT molecular complexity index is 605. The van der Waals surface area contributed by atoms with Crippen LogP contribution in [0.1, 0.15) is 11.1 Å². The predicted octanol–water partition coefficient (Wildman–Crippen LogP) is 2.32. The number of rotatable bonds is 3. The van der Waals surface area contributed by atoms with Crippen LogP contribution in [0.3, 0.4) is 0 Å². The standard InChI is InChI=1S/C13H13ClN2O2/c1-9-3-5-10(6-4-9)8-18-11-7-15-16(2)13(17)12(11)14/h3-7H,8H2,1-2H3. The summed E-state index contributed by atoms with van der Waals surface area (Å²) >= 11 is 5.89. The lowest BCUT2D eigenvalue weighted by molar-refractivity contribution is 0.303. The second-order valence-electron chi connectivity index (χ2n) is 4.03. The maximum absolute atomic E-state index is 11.5. The van der Waals surface area contributed by atoms with Gasteiger partial charge in [-0.2, -0.15) is 5.10 Å². The van der Waals surface area contributed by atoms with Gasteiger partial charge >= 0.3 is 0 Å². The van der Waals surface area contributed by atoms with Crippen LogP contribution in [0, 0.1) is 6.92 Å². The maximum atomic E-state index is 11.5. The van der Waals surface area contributed by atoms with Crippen LogP contribution in [0.5, 0.6) is 5.75 Å². The Kier molecular flexibility index (Phi) is 3.67. The van der Waals surface area contributed by atoms with E-state index in [1.54, 1.807) is 0 Å². The third-order valence-electron chi connectivity index (χ3n) is 2.56. The molecule has 0 amide bonds. The molecule has 94 valence electrons. The topological polar surface area (TPSA) is 44.1 Å². The number of hydrogen-bond donors (Lipinski definition) is 0. The summed E-state index contributed by atoms with van der Waals surface area (Å²) in [4.78, 5) is 11.5. The Morgan fingerprint density at radius 3 is 2.67 bits per heavy atom. The van der Waals surface area contributed by atoms with E-state index in [9.17, 15) is 4.79 Å². The summed E-state index contributed by atoms with van der Waals surface area (Å²) < 4.78 is 6.66. The minimum absolute atomic E-state index is 0.0552. The minimum Gasteiger partial charge on any atom is -0.485 e. The van der Waals surface area contributed by atoms with Gasteiger partial charge in [0.25, 0.3) is 5.56 Å². The molecule has 0 unspecified atom stereocenters. The highest BCUT2D eigenvalue weighted by molar-refractivity contribution is 6.31. The van der Waals surface area contributed by atoms with Crippen molar-refractivity contribution < 1.29 is 4.74 Å². The van der Waals surface area contributed by atoms with Crippen molar-refractivity contribution >= 4 is 11.6 Å². The van der Waals surface area contributed by atoms with Gasteiger partial charge in [-0.1, -0.05) is 41.4 Å². The zero-order valence-electron chi connectivity index (χ0n) is 10.2. The first kappa shape index (κ1) is 12.6. The molecule has 0 saturated heterocycles. The van der Waals surface area contributed by atoms with Crippen molar-refractivity contribution in [1.29, 1.82) is 0 Å². The van der Waals surface area contributed by atoms with Crippen LogP contribution in [0.4, 0.5) is 0 Å². The molecule has 0 atom stereocenters. The van der Waals surface area contributed by atoms with Crippen LogP contribution >= 0.6 is 11.6 Å². The average molecular weight is 265 g/mol. The smallest absolute Gasteiger partial charge is 0.289 e. The van der Waals surface area contributed by atoms with Crippen LogP contribution in [0.2, 0.25) is 5.02 Å². The van der Waals surface area contributed by atoms with E-state index < -0.39 is 0 Å². The molecule has 0 aliphatic heterocycles. The van der Waals surface area contributed by atoms with Crippen molar-refractivity contribution in [3.05, 3.63) is 57.0 Å². The van der Waals surface area contributed by atoms with E-state index >= 15 is 0 Å². The molecule has 1 heterocycles. The third-order valence-corrected chi connectivity index (χ3v) is 2.91. The van der Waals surface area contributed by atoms with Crippen LogP contribution in [0.15, 0.2) is 35.3 Å². The maximum Gasteiger partial charge on any atom is 0.289 e. The van der Waals surface area contributed by atoms with Crippen LogP contribution in [-0.4, -0.2) is 9.78 Å². The lowest BCUT2D eigenvalue weighted by Crippen LogP contribution is -2.20. The van der Waals surface area contributed by atoms with Gasteiger partial charge in [-0.25, -0.2) is 4.68 Å². The summed E-state index contributed by atoms with van der Waals surface area (Å²) in [5.74, 6) is 0.306. The fourth-order valence-electron chi connectivity index (χ4n) is 1.44. The molecule has 1 aromatic carbocycles. The first-order valence-electron chi connectivity index (χ1n) is 5.48. The molecule has 0 aliphatic carbocycles. The van der Waals surface area contributed by atoms with Crippen molar-refractivity contribution in [2.24, 2.45) is 7.05 Å². The Balaban J connectivity index is 2.13. The fraction of sp³-hybridized carbons (Fsp3) is 0.231. The Hall–Kier alpha value is -1.81. The normalized spacial score (nSPS) is 10.4. The molecule has 0 spiro atoms. The quantitative estimate of drug-likeness (QED) is 0.855. The van der Waals surface area contributed by atoms with Gasteiger partial charge in [-0.05, 0) is 12.5 Å². The SMILES string of the molecule is Cc1ccc(COc2cnn(C)c(=O)c2Cl)cc1. The molecule has 0 N–H and O–H groups in total. The number of benzene rings is 1. The highest BCUT2D eigenvalue weighted by Gasteiger charge is 2.08. The summed E-state index contributed by atoms with van der Waals surface area (Å²) in [6, 6.07) is 7.95. The van der Waals surface area contributed by atoms with Crippen LogP contribution in [0.25, 0.3) is 0 Å². The van der Waals surface area contributed by atoms with E-state index in [2.05, 4.69) is 5.10 Å². The molecular weight excluding hydrogens is 252 g/mol. The average Bonchev–Trinajstić information content (AvgIpc) is 2.37. The lowest BCUT2D eigenvalue weighted by Gasteiger charge is -2.08. The second-order valence-corrected chi connectivity index (χ2v) is 4.40. The molecule has 2 aromatic rings. The second kappa shape index (κ2) is 5.23. The Morgan fingerprint density at radius 2 is 2.00 bits per heavy atom. The fourth-order valence-corrected chi connectivity index (χ4v) is 1.67. The number of nitrogens with zero attached hydrogens (tertiary/aromatic N) is 2. The molecule has 0 radical (unpaired) electrons. The van der Waals surface area contributed by atoms with Crippen molar-refractivity contribution in [1.82, 2.24) is 9.78 Å². The largest absolute Gasteiger partial charge is 0.485 e.